The molecule has 106 valence electrons. The lowest BCUT2D eigenvalue weighted by Gasteiger charge is -2.15. The molecule has 2 aromatic heterocycles. The van der Waals surface area contributed by atoms with Crippen molar-refractivity contribution in [3.05, 3.63) is 47.5 Å². The molecule has 3 aromatic rings. The number of aromatic nitrogens is 4. The van der Waals surface area contributed by atoms with Crippen LogP contribution in [0, 0.1) is 0 Å². The van der Waals surface area contributed by atoms with Crippen LogP contribution < -0.4 is 5.32 Å². The first kappa shape index (κ1) is 13.3. The third-order valence-corrected chi connectivity index (χ3v) is 3.09. The van der Waals surface area contributed by atoms with Crippen LogP contribution >= 0.6 is 11.6 Å². The summed E-state index contributed by atoms with van der Waals surface area (Å²) in [4.78, 5) is 26.3. The molecule has 0 aliphatic carbocycles. The highest BCUT2D eigenvalue weighted by atomic mass is 35.5. The van der Waals surface area contributed by atoms with Crippen LogP contribution in [-0.4, -0.2) is 31.0 Å². The maximum Gasteiger partial charge on any atom is 0.330 e. The largest absolute Gasteiger partial charge is 0.479 e. The van der Waals surface area contributed by atoms with E-state index in [0.717, 1.165) is 0 Å². The van der Waals surface area contributed by atoms with Crippen molar-refractivity contribution in [2.45, 2.75) is 6.04 Å². The van der Waals surface area contributed by atoms with Crippen molar-refractivity contribution in [1.82, 2.24) is 19.9 Å². The van der Waals surface area contributed by atoms with Gasteiger partial charge in [0, 0.05) is 0 Å². The molecular formula is C13H10ClN5O2. The highest BCUT2D eigenvalue weighted by molar-refractivity contribution is 6.28. The Morgan fingerprint density at radius 2 is 2.05 bits per heavy atom. The fraction of sp³-hybridized carbons (Fsp3) is 0.0769. The number of benzene rings is 1. The van der Waals surface area contributed by atoms with Gasteiger partial charge in [-0.1, -0.05) is 30.3 Å². The second kappa shape index (κ2) is 5.37. The average Bonchev–Trinajstić information content (AvgIpc) is 2.93. The quantitative estimate of drug-likeness (QED) is 0.639. The van der Waals surface area contributed by atoms with Gasteiger partial charge >= 0.3 is 5.97 Å². The first-order chi connectivity index (χ1) is 10.1. The number of aromatic amines is 1. The zero-order valence-electron chi connectivity index (χ0n) is 10.6. The monoisotopic (exact) mass is 303 g/mol. The highest BCUT2D eigenvalue weighted by Gasteiger charge is 2.22. The summed E-state index contributed by atoms with van der Waals surface area (Å²) < 4.78 is 0. The molecule has 3 rings (SSSR count). The molecule has 21 heavy (non-hydrogen) atoms. The van der Waals surface area contributed by atoms with E-state index in [-0.39, 0.29) is 5.28 Å². The number of carboxylic acid groups (broad SMARTS) is 1. The van der Waals surface area contributed by atoms with Crippen LogP contribution in [0.1, 0.15) is 11.6 Å². The van der Waals surface area contributed by atoms with Crippen LogP contribution in [0.3, 0.4) is 0 Å². The van der Waals surface area contributed by atoms with Crippen molar-refractivity contribution in [3.8, 4) is 0 Å². The summed E-state index contributed by atoms with van der Waals surface area (Å²) in [5.41, 5.74) is 1.48. The van der Waals surface area contributed by atoms with E-state index in [1.54, 1.807) is 24.3 Å². The van der Waals surface area contributed by atoms with E-state index in [4.69, 9.17) is 11.6 Å². The lowest BCUT2D eigenvalue weighted by atomic mass is 10.1. The fourth-order valence-electron chi connectivity index (χ4n) is 1.98. The van der Waals surface area contributed by atoms with E-state index >= 15 is 0 Å². The maximum absolute atomic E-state index is 11.5. The molecule has 0 spiro atoms. The molecular weight excluding hydrogens is 294 g/mol. The van der Waals surface area contributed by atoms with Gasteiger partial charge in [-0.2, -0.15) is 9.97 Å². The van der Waals surface area contributed by atoms with Crippen LogP contribution in [0.5, 0.6) is 0 Å². The first-order valence-corrected chi connectivity index (χ1v) is 6.44. The van der Waals surface area contributed by atoms with Gasteiger partial charge in [0.15, 0.2) is 17.5 Å². The van der Waals surface area contributed by atoms with Gasteiger partial charge in [-0.25, -0.2) is 9.78 Å². The van der Waals surface area contributed by atoms with Crippen LogP contribution in [0.15, 0.2) is 36.7 Å². The lowest BCUT2D eigenvalue weighted by Crippen LogP contribution is -2.21. The Morgan fingerprint density at radius 3 is 2.76 bits per heavy atom. The normalized spacial score (nSPS) is 12.2. The minimum absolute atomic E-state index is 0.00528. The van der Waals surface area contributed by atoms with Crippen LogP contribution in [-0.2, 0) is 4.79 Å². The predicted octanol–water partition coefficient (Wildman–Crippen LogP) is 2.24. The molecule has 1 atom stereocenters. The summed E-state index contributed by atoms with van der Waals surface area (Å²) in [7, 11) is 0. The molecule has 1 unspecified atom stereocenters. The summed E-state index contributed by atoms with van der Waals surface area (Å²) >= 11 is 5.83. The van der Waals surface area contributed by atoms with Crippen LogP contribution in [0.25, 0.3) is 11.2 Å². The van der Waals surface area contributed by atoms with Gasteiger partial charge < -0.3 is 15.4 Å². The number of halogens is 1. The molecule has 0 aliphatic rings. The van der Waals surface area contributed by atoms with E-state index in [2.05, 4.69) is 25.3 Å². The Hall–Kier alpha value is -2.67. The van der Waals surface area contributed by atoms with Gasteiger partial charge in [-0.15, -0.1) is 0 Å². The number of anilines is 1. The number of hydrogen-bond donors (Lipinski definition) is 3. The van der Waals surface area contributed by atoms with Gasteiger partial charge in [0.25, 0.3) is 0 Å². The molecule has 0 fully saturated rings. The van der Waals surface area contributed by atoms with Crippen LogP contribution in [0.4, 0.5) is 5.82 Å². The summed E-state index contributed by atoms with van der Waals surface area (Å²) in [6.07, 6.45) is 1.44. The Kier molecular flexibility index (Phi) is 3.41. The zero-order chi connectivity index (χ0) is 14.8. The first-order valence-electron chi connectivity index (χ1n) is 6.06. The van der Waals surface area contributed by atoms with E-state index in [9.17, 15) is 9.90 Å². The van der Waals surface area contributed by atoms with Gasteiger partial charge in [-0.3, -0.25) is 0 Å². The molecule has 2 heterocycles. The maximum atomic E-state index is 11.5. The SMILES string of the molecule is O=C(O)C(Nc1nc(Cl)nc2nc[nH]c12)c1ccccc1. The Balaban J connectivity index is 2.02. The number of imidazole rings is 1. The van der Waals surface area contributed by atoms with Gasteiger partial charge in [0.2, 0.25) is 5.28 Å². The minimum Gasteiger partial charge on any atom is -0.479 e. The van der Waals surface area contributed by atoms with E-state index < -0.39 is 12.0 Å². The second-order valence-electron chi connectivity index (χ2n) is 4.27. The molecule has 7 nitrogen and oxygen atoms in total. The summed E-state index contributed by atoms with van der Waals surface area (Å²) in [6, 6.07) is 7.84. The molecule has 0 aliphatic heterocycles. The smallest absolute Gasteiger partial charge is 0.330 e. The molecule has 0 bridgehead atoms. The third kappa shape index (κ3) is 2.63. The van der Waals surface area contributed by atoms with Crippen molar-refractivity contribution in [2.75, 3.05) is 5.32 Å². The Labute approximate surface area is 124 Å². The van der Waals surface area contributed by atoms with Crippen molar-refractivity contribution in [3.63, 3.8) is 0 Å². The molecule has 0 saturated carbocycles. The van der Waals surface area contributed by atoms with Crippen LogP contribution in [0.2, 0.25) is 5.28 Å². The van der Waals surface area contributed by atoms with Crippen molar-refractivity contribution in [2.24, 2.45) is 0 Å². The standard InChI is InChI=1S/C13H10ClN5O2/c14-13-18-10-9(15-6-16-10)11(19-13)17-8(12(20)21)7-4-2-1-3-5-7/h1-6,8H,(H,20,21)(H2,15,16,17,18,19). The molecule has 0 amide bonds. The van der Waals surface area contributed by atoms with Gasteiger partial charge in [-0.05, 0) is 17.2 Å². The molecule has 0 saturated heterocycles. The topological polar surface area (TPSA) is 104 Å². The number of nitrogens with one attached hydrogen (secondary N) is 2. The average molecular weight is 304 g/mol. The molecule has 3 N–H and O–H groups in total. The molecule has 1 aromatic carbocycles. The number of fused-ring (bicyclic) bond motifs is 1. The number of H-pyrrole nitrogens is 1. The number of carbonyl (C=O) groups is 1. The number of rotatable bonds is 4. The van der Waals surface area contributed by atoms with Gasteiger partial charge in [0.05, 0.1) is 6.33 Å². The van der Waals surface area contributed by atoms with E-state index in [0.29, 0.717) is 22.5 Å². The summed E-state index contributed by atoms with van der Waals surface area (Å²) in [5, 5.41) is 12.3. The number of aliphatic carboxylic acids is 1. The second-order valence-corrected chi connectivity index (χ2v) is 4.61. The van der Waals surface area contributed by atoms with E-state index in [1.165, 1.54) is 6.33 Å². The van der Waals surface area contributed by atoms with Crippen molar-refractivity contribution < 1.29 is 9.90 Å². The summed E-state index contributed by atoms with van der Waals surface area (Å²) in [6.45, 7) is 0. The molecule has 0 radical (unpaired) electrons. The fourth-order valence-corrected chi connectivity index (χ4v) is 2.15. The molecule has 8 heteroatoms. The number of hydrogen-bond acceptors (Lipinski definition) is 5. The Bertz CT molecular complexity index is 790. The number of nitrogens with zero attached hydrogens (tertiary/aromatic N) is 3. The lowest BCUT2D eigenvalue weighted by molar-refractivity contribution is -0.138. The summed E-state index contributed by atoms with van der Waals surface area (Å²) in [5.74, 6) is -0.734. The van der Waals surface area contributed by atoms with Crippen molar-refractivity contribution in [1.29, 1.82) is 0 Å². The minimum atomic E-state index is -1.02. The number of carboxylic acids is 1. The van der Waals surface area contributed by atoms with Crippen molar-refractivity contribution >= 4 is 34.6 Å². The zero-order valence-corrected chi connectivity index (χ0v) is 11.4. The highest BCUT2D eigenvalue weighted by Crippen LogP contribution is 2.24. The predicted molar refractivity (Wildman–Crippen MR) is 77.1 cm³/mol. The Morgan fingerprint density at radius 1 is 1.29 bits per heavy atom. The third-order valence-electron chi connectivity index (χ3n) is 2.92. The van der Waals surface area contributed by atoms with Gasteiger partial charge in [0.1, 0.15) is 5.52 Å². The van der Waals surface area contributed by atoms with E-state index in [1.807, 2.05) is 6.07 Å².